The fraction of sp³-hybridized carbons (Fsp3) is 0.235. The van der Waals surface area contributed by atoms with E-state index in [0.717, 1.165) is 24.1 Å². The first-order valence-electron chi connectivity index (χ1n) is 7.76. The minimum absolute atomic E-state index is 0.0694. The Morgan fingerprint density at radius 2 is 1.88 bits per heavy atom. The first-order valence-corrected chi connectivity index (χ1v) is 7.76. The van der Waals surface area contributed by atoms with Crippen LogP contribution in [0.1, 0.15) is 36.3 Å². The standard InChI is InChI=1S/C17H16FN5O/c18-9-6-4-8(5-7-9)12-13-10(2-1-3-11(13)24)21-16-14(12)15(19)22-17(20)23-16/h4-7,12H,1-3H2,(H5,19,20,21,22,23)/t12-/m0/s1. The predicted molar refractivity (Wildman–Crippen MR) is 88.6 cm³/mol. The van der Waals surface area contributed by atoms with Gasteiger partial charge in [-0.2, -0.15) is 9.97 Å². The van der Waals surface area contributed by atoms with Crippen LogP contribution >= 0.6 is 0 Å². The van der Waals surface area contributed by atoms with Crippen LogP contribution in [-0.4, -0.2) is 15.8 Å². The largest absolute Gasteiger partial charge is 0.383 e. The van der Waals surface area contributed by atoms with E-state index in [9.17, 15) is 9.18 Å². The molecule has 1 aromatic heterocycles. The van der Waals surface area contributed by atoms with Gasteiger partial charge in [-0.05, 0) is 30.5 Å². The van der Waals surface area contributed by atoms with Crippen molar-refractivity contribution < 1.29 is 9.18 Å². The highest BCUT2D eigenvalue weighted by molar-refractivity contribution is 6.01. The van der Waals surface area contributed by atoms with E-state index in [1.165, 1.54) is 12.1 Å². The van der Waals surface area contributed by atoms with Gasteiger partial charge in [-0.3, -0.25) is 4.79 Å². The van der Waals surface area contributed by atoms with Crippen LogP contribution in [0.3, 0.4) is 0 Å². The molecule has 4 rings (SSSR count). The van der Waals surface area contributed by atoms with Crippen LogP contribution < -0.4 is 16.8 Å². The molecule has 0 unspecified atom stereocenters. The third-order valence-electron chi connectivity index (χ3n) is 4.50. The van der Waals surface area contributed by atoms with Gasteiger partial charge in [0.2, 0.25) is 5.95 Å². The van der Waals surface area contributed by atoms with E-state index < -0.39 is 5.92 Å². The Hall–Kier alpha value is -2.96. The number of halogens is 1. The van der Waals surface area contributed by atoms with Crippen LogP contribution in [0.2, 0.25) is 0 Å². The van der Waals surface area contributed by atoms with Crippen molar-refractivity contribution in [3.05, 3.63) is 52.5 Å². The highest BCUT2D eigenvalue weighted by atomic mass is 19.1. The highest BCUT2D eigenvalue weighted by Crippen LogP contribution is 2.46. The third-order valence-corrected chi connectivity index (χ3v) is 4.50. The molecule has 6 nitrogen and oxygen atoms in total. The Morgan fingerprint density at radius 1 is 1.12 bits per heavy atom. The number of rotatable bonds is 1. The van der Waals surface area contributed by atoms with Crippen molar-refractivity contribution in [3.8, 4) is 0 Å². The predicted octanol–water partition coefficient (Wildman–Crippen LogP) is 2.34. The maximum absolute atomic E-state index is 13.3. The lowest BCUT2D eigenvalue weighted by molar-refractivity contribution is -0.116. The zero-order valence-corrected chi connectivity index (χ0v) is 12.8. The maximum Gasteiger partial charge on any atom is 0.223 e. The van der Waals surface area contributed by atoms with E-state index >= 15 is 0 Å². The molecule has 0 radical (unpaired) electrons. The van der Waals surface area contributed by atoms with Crippen LogP contribution in [0.15, 0.2) is 35.5 Å². The Kier molecular flexibility index (Phi) is 3.23. The molecule has 0 bridgehead atoms. The van der Waals surface area contributed by atoms with E-state index in [1.54, 1.807) is 12.1 Å². The number of benzene rings is 1. The molecule has 2 aliphatic rings. The summed E-state index contributed by atoms with van der Waals surface area (Å²) in [6.45, 7) is 0. The van der Waals surface area contributed by atoms with Crippen molar-refractivity contribution in [2.45, 2.75) is 25.2 Å². The van der Waals surface area contributed by atoms with Crippen molar-refractivity contribution in [3.63, 3.8) is 0 Å². The number of allylic oxidation sites excluding steroid dienone is 2. The molecule has 1 aromatic carbocycles. The lowest BCUT2D eigenvalue weighted by Gasteiger charge is -2.33. The van der Waals surface area contributed by atoms with E-state index in [2.05, 4.69) is 15.3 Å². The molecule has 0 saturated heterocycles. The average Bonchev–Trinajstić information content (AvgIpc) is 2.54. The second-order valence-electron chi connectivity index (χ2n) is 6.01. The lowest BCUT2D eigenvalue weighted by atomic mass is 9.76. The fourth-order valence-corrected chi connectivity index (χ4v) is 3.49. The van der Waals surface area contributed by atoms with Gasteiger partial charge in [0.1, 0.15) is 17.5 Å². The summed E-state index contributed by atoms with van der Waals surface area (Å²) in [7, 11) is 0. The summed E-state index contributed by atoms with van der Waals surface area (Å²) < 4.78 is 13.3. The normalized spacial score (nSPS) is 19.5. The number of carbonyl (C=O) groups excluding carboxylic acids is 1. The van der Waals surface area contributed by atoms with E-state index in [-0.39, 0.29) is 23.4 Å². The smallest absolute Gasteiger partial charge is 0.223 e. The number of fused-ring (bicyclic) bond motifs is 1. The lowest BCUT2D eigenvalue weighted by Crippen LogP contribution is -2.28. The van der Waals surface area contributed by atoms with E-state index in [4.69, 9.17) is 11.5 Å². The number of carbonyl (C=O) groups is 1. The summed E-state index contributed by atoms with van der Waals surface area (Å²) in [6.07, 6.45) is 2.03. The van der Waals surface area contributed by atoms with Crippen LogP contribution in [0, 0.1) is 5.82 Å². The van der Waals surface area contributed by atoms with Crippen molar-refractivity contribution >= 4 is 23.4 Å². The molecule has 7 heteroatoms. The molecule has 0 spiro atoms. The Balaban J connectivity index is 1.97. The van der Waals surface area contributed by atoms with Crippen LogP contribution in [0.4, 0.5) is 22.0 Å². The van der Waals surface area contributed by atoms with Gasteiger partial charge < -0.3 is 16.8 Å². The summed E-state index contributed by atoms with van der Waals surface area (Å²) in [5.74, 6) is 0.138. The number of Topliss-reactive ketones (excluding diaryl/α,β-unsaturated/α-hetero) is 1. The molecular weight excluding hydrogens is 309 g/mol. The minimum atomic E-state index is -0.412. The number of aromatic nitrogens is 2. The number of nitrogens with one attached hydrogen (secondary N) is 1. The molecule has 0 saturated carbocycles. The van der Waals surface area contributed by atoms with Crippen molar-refractivity contribution in [1.29, 1.82) is 0 Å². The van der Waals surface area contributed by atoms with Crippen molar-refractivity contribution in [1.82, 2.24) is 9.97 Å². The summed E-state index contributed by atoms with van der Waals surface area (Å²) in [4.78, 5) is 20.9. The first-order chi connectivity index (χ1) is 11.5. The zero-order valence-electron chi connectivity index (χ0n) is 12.8. The molecule has 0 fully saturated rings. The molecule has 0 amide bonds. The van der Waals surface area contributed by atoms with Crippen molar-refractivity contribution in [2.75, 3.05) is 16.8 Å². The molecule has 1 aliphatic carbocycles. The molecular formula is C17H16FN5O. The monoisotopic (exact) mass is 325 g/mol. The van der Waals surface area contributed by atoms with Crippen LogP contribution in [0.25, 0.3) is 0 Å². The fourth-order valence-electron chi connectivity index (χ4n) is 3.49. The average molecular weight is 325 g/mol. The molecule has 2 aromatic rings. The van der Waals surface area contributed by atoms with E-state index in [1.807, 2.05) is 0 Å². The first kappa shape index (κ1) is 14.6. The molecule has 1 atom stereocenters. The number of ketones is 1. The maximum atomic E-state index is 13.3. The van der Waals surface area contributed by atoms with Gasteiger partial charge in [-0.15, -0.1) is 0 Å². The van der Waals surface area contributed by atoms with Gasteiger partial charge in [-0.1, -0.05) is 12.1 Å². The van der Waals surface area contributed by atoms with E-state index in [0.29, 0.717) is 23.4 Å². The Labute approximate surface area is 137 Å². The topological polar surface area (TPSA) is 107 Å². The summed E-state index contributed by atoms with van der Waals surface area (Å²) in [5.41, 5.74) is 14.7. The second-order valence-corrected chi connectivity index (χ2v) is 6.01. The van der Waals surface area contributed by atoms with Gasteiger partial charge in [0, 0.05) is 29.2 Å². The van der Waals surface area contributed by atoms with Crippen molar-refractivity contribution in [2.24, 2.45) is 0 Å². The number of hydrogen-bond acceptors (Lipinski definition) is 6. The Bertz CT molecular complexity index is 875. The number of hydrogen-bond donors (Lipinski definition) is 3. The minimum Gasteiger partial charge on any atom is -0.383 e. The van der Waals surface area contributed by atoms with Gasteiger partial charge in [0.25, 0.3) is 0 Å². The van der Waals surface area contributed by atoms with Gasteiger partial charge >= 0.3 is 0 Å². The summed E-state index contributed by atoms with van der Waals surface area (Å²) in [6, 6.07) is 6.08. The SMILES string of the molecule is Nc1nc(N)c2c(n1)NC1=C(C(=O)CCC1)[C@@H]2c1ccc(F)cc1. The van der Waals surface area contributed by atoms with Gasteiger partial charge in [-0.25, -0.2) is 4.39 Å². The van der Waals surface area contributed by atoms with Gasteiger partial charge in [0.15, 0.2) is 5.78 Å². The second kappa shape index (κ2) is 5.30. The number of anilines is 3. The summed E-state index contributed by atoms with van der Waals surface area (Å²) >= 11 is 0. The zero-order chi connectivity index (χ0) is 16.8. The Morgan fingerprint density at radius 3 is 2.62 bits per heavy atom. The third kappa shape index (κ3) is 2.20. The number of nitrogens with two attached hydrogens (primary N) is 2. The number of nitrogens with zero attached hydrogens (tertiary/aromatic N) is 2. The molecule has 122 valence electrons. The quantitative estimate of drug-likeness (QED) is 0.743. The molecule has 24 heavy (non-hydrogen) atoms. The van der Waals surface area contributed by atoms with Gasteiger partial charge in [0.05, 0.1) is 0 Å². The molecule has 5 N–H and O–H groups in total. The molecule has 2 heterocycles. The van der Waals surface area contributed by atoms with Crippen LogP contribution in [-0.2, 0) is 4.79 Å². The summed E-state index contributed by atoms with van der Waals surface area (Å²) in [5, 5.41) is 3.20. The van der Waals surface area contributed by atoms with Crippen LogP contribution in [0.5, 0.6) is 0 Å². The highest BCUT2D eigenvalue weighted by Gasteiger charge is 2.37. The molecule has 1 aliphatic heterocycles. The number of nitrogen functional groups attached to an aromatic ring is 2.